The summed E-state index contributed by atoms with van der Waals surface area (Å²) >= 11 is 0. The van der Waals surface area contributed by atoms with Crippen molar-refractivity contribution >= 4 is 5.78 Å². The molecule has 4 heteroatoms. The van der Waals surface area contributed by atoms with Gasteiger partial charge in [0.25, 0.3) is 0 Å². The van der Waals surface area contributed by atoms with E-state index in [2.05, 4.69) is 41.5 Å². The van der Waals surface area contributed by atoms with Crippen molar-refractivity contribution in [2.75, 3.05) is 0 Å². The van der Waals surface area contributed by atoms with E-state index in [1.165, 1.54) is 6.42 Å². The number of aliphatic hydroxyl groups excluding tert-OH is 3. The van der Waals surface area contributed by atoms with Gasteiger partial charge in [-0.3, -0.25) is 4.79 Å². The predicted molar refractivity (Wildman–Crippen MR) is 129 cm³/mol. The van der Waals surface area contributed by atoms with Crippen LogP contribution in [0.15, 0.2) is 0 Å². The molecule has 0 heterocycles. The third-order valence-electron chi connectivity index (χ3n) is 13.4. The van der Waals surface area contributed by atoms with Crippen LogP contribution in [0.4, 0.5) is 0 Å². The molecular formula is C29H48O4. The van der Waals surface area contributed by atoms with Crippen LogP contribution in [-0.2, 0) is 4.79 Å². The van der Waals surface area contributed by atoms with Crippen molar-refractivity contribution in [3.63, 3.8) is 0 Å². The molecule has 0 aromatic heterocycles. The van der Waals surface area contributed by atoms with Gasteiger partial charge in [-0.15, -0.1) is 0 Å². The highest BCUT2D eigenvalue weighted by Gasteiger charge is 2.73. The van der Waals surface area contributed by atoms with E-state index in [0.717, 1.165) is 38.5 Å². The second-order valence-electron chi connectivity index (χ2n) is 14.7. The minimum atomic E-state index is -0.602. The Balaban J connectivity index is 1.61. The molecule has 5 aliphatic carbocycles. The third-order valence-corrected chi connectivity index (χ3v) is 13.4. The lowest BCUT2D eigenvalue weighted by atomic mass is 9.31. The van der Waals surface area contributed by atoms with Gasteiger partial charge in [0.2, 0.25) is 0 Å². The fourth-order valence-electron chi connectivity index (χ4n) is 11.4. The highest BCUT2D eigenvalue weighted by molar-refractivity contribution is 5.79. The quantitative estimate of drug-likeness (QED) is 0.516. The Labute approximate surface area is 200 Å². The van der Waals surface area contributed by atoms with E-state index in [0.29, 0.717) is 24.0 Å². The molecule has 0 radical (unpaired) electrons. The molecule has 0 spiro atoms. The Kier molecular flexibility index (Phi) is 5.19. The Morgan fingerprint density at radius 2 is 1.45 bits per heavy atom. The molecule has 5 aliphatic rings. The van der Waals surface area contributed by atoms with E-state index in [-0.39, 0.29) is 39.4 Å². The Morgan fingerprint density at radius 3 is 2.09 bits per heavy atom. The van der Waals surface area contributed by atoms with Crippen molar-refractivity contribution in [3.05, 3.63) is 0 Å². The molecule has 0 aromatic carbocycles. The summed E-state index contributed by atoms with van der Waals surface area (Å²) in [6, 6.07) is 0. The van der Waals surface area contributed by atoms with Gasteiger partial charge >= 0.3 is 0 Å². The molecule has 5 saturated carbocycles. The van der Waals surface area contributed by atoms with Crippen molar-refractivity contribution in [3.8, 4) is 0 Å². The molecule has 3 N–H and O–H groups in total. The van der Waals surface area contributed by atoms with Gasteiger partial charge in [0, 0.05) is 17.8 Å². The van der Waals surface area contributed by atoms with Gasteiger partial charge in [-0.05, 0) is 97.2 Å². The molecular weight excluding hydrogens is 412 g/mol. The topological polar surface area (TPSA) is 77.8 Å². The summed E-state index contributed by atoms with van der Waals surface area (Å²) in [5.41, 5.74) is -0.526. The van der Waals surface area contributed by atoms with E-state index in [1.54, 1.807) is 6.92 Å². The van der Waals surface area contributed by atoms with Gasteiger partial charge in [0.05, 0.1) is 18.3 Å². The summed E-state index contributed by atoms with van der Waals surface area (Å²) in [4.78, 5) is 12.7. The number of rotatable bonds is 1. The second kappa shape index (κ2) is 7.07. The highest BCUT2D eigenvalue weighted by Crippen LogP contribution is 2.77. The van der Waals surface area contributed by atoms with E-state index in [4.69, 9.17) is 0 Å². The summed E-state index contributed by atoms with van der Waals surface area (Å²) in [6.45, 7) is 15.6. The number of hydrogen-bond acceptors (Lipinski definition) is 4. The zero-order chi connectivity index (χ0) is 24.4. The third kappa shape index (κ3) is 2.78. The molecule has 0 amide bonds. The fraction of sp³-hybridized carbons (Fsp3) is 0.966. The second-order valence-corrected chi connectivity index (χ2v) is 14.7. The average molecular weight is 461 g/mol. The largest absolute Gasteiger partial charge is 0.393 e. The number of hydrogen-bond donors (Lipinski definition) is 3. The van der Waals surface area contributed by atoms with Crippen LogP contribution >= 0.6 is 0 Å². The first-order chi connectivity index (χ1) is 15.1. The first-order valence-corrected chi connectivity index (χ1v) is 13.7. The number of aliphatic hydroxyl groups is 3. The lowest BCUT2D eigenvalue weighted by Crippen LogP contribution is -2.72. The summed E-state index contributed by atoms with van der Waals surface area (Å²) in [5.74, 6) is 1.37. The zero-order valence-corrected chi connectivity index (χ0v) is 22.0. The van der Waals surface area contributed by atoms with Crippen molar-refractivity contribution in [1.29, 1.82) is 0 Å². The van der Waals surface area contributed by atoms with E-state index in [1.807, 2.05) is 0 Å². The minimum Gasteiger partial charge on any atom is -0.393 e. The van der Waals surface area contributed by atoms with Crippen LogP contribution in [0.2, 0.25) is 0 Å². The molecule has 5 fully saturated rings. The number of carbonyl (C=O) groups excluding carboxylic acids is 1. The van der Waals surface area contributed by atoms with E-state index in [9.17, 15) is 20.1 Å². The molecule has 5 rings (SSSR count). The van der Waals surface area contributed by atoms with Crippen molar-refractivity contribution in [2.45, 2.75) is 118 Å². The highest BCUT2D eigenvalue weighted by atomic mass is 16.3. The SMILES string of the molecule is CC(=O)[C@@H]1CC[C@]2(C)CC[C@]3(C)[C@H](C[C@@H](O)[C@@H]4[C@@]5(C)[C@H](O)C[C@H](O)C(C)(C)[C@@H]5CC[C@]43C)[C@@H]12. The molecule has 4 nitrogen and oxygen atoms in total. The molecule has 12 atom stereocenters. The van der Waals surface area contributed by atoms with Gasteiger partial charge in [0.1, 0.15) is 5.78 Å². The number of carbonyl (C=O) groups is 1. The summed E-state index contributed by atoms with van der Waals surface area (Å²) in [7, 11) is 0. The maximum Gasteiger partial charge on any atom is 0.133 e. The molecule has 0 unspecified atom stereocenters. The number of fused-ring (bicyclic) bond motifs is 7. The number of ketones is 1. The predicted octanol–water partition coefficient (Wildman–Crippen LogP) is 4.98. The average Bonchev–Trinajstić information content (AvgIpc) is 3.06. The van der Waals surface area contributed by atoms with Crippen LogP contribution in [0.3, 0.4) is 0 Å². The number of Topliss-reactive ketones (excluding diaryl/α,β-unsaturated/α-hetero) is 1. The van der Waals surface area contributed by atoms with Gasteiger partial charge in [0.15, 0.2) is 0 Å². The van der Waals surface area contributed by atoms with Crippen LogP contribution in [0.1, 0.15) is 99.8 Å². The zero-order valence-electron chi connectivity index (χ0n) is 22.0. The van der Waals surface area contributed by atoms with Crippen LogP contribution in [0.25, 0.3) is 0 Å². The summed E-state index contributed by atoms with van der Waals surface area (Å²) in [5, 5.41) is 34.3. The maximum absolute atomic E-state index is 12.7. The monoisotopic (exact) mass is 460 g/mol. The maximum atomic E-state index is 12.7. The lowest BCUT2D eigenvalue weighted by molar-refractivity contribution is -0.298. The lowest BCUT2D eigenvalue weighted by Gasteiger charge is -2.74. The summed E-state index contributed by atoms with van der Waals surface area (Å²) < 4.78 is 0. The summed E-state index contributed by atoms with van der Waals surface area (Å²) in [6.07, 6.45) is 6.02. The van der Waals surface area contributed by atoms with E-state index < -0.39 is 23.7 Å². The fourth-order valence-corrected chi connectivity index (χ4v) is 11.4. The Morgan fingerprint density at radius 1 is 0.788 bits per heavy atom. The normalized spacial score (nSPS) is 59.7. The van der Waals surface area contributed by atoms with Crippen LogP contribution in [-0.4, -0.2) is 39.4 Å². The van der Waals surface area contributed by atoms with Crippen molar-refractivity contribution in [1.82, 2.24) is 0 Å². The molecule has 0 bridgehead atoms. The van der Waals surface area contributed by atoms with Crippen molar-refractivity contribution in [2.24, 2.45) is 56.7 Å². The van der Waals surface area contributed by atoms with Gasteiger partial charge in [-0.2, -0.15) is 0 Å². The van der Waals surface area contributed by atoms with Crippen LogP contribution in [0.5, 0.6) is 0 Å². The smallest absolute Gasteiger partial charge is 0.133 e. The molecule has 0 saturated heterocycles. The standard InChI is InChI=1S/C29H48O4/c1-16(30)17-8-10-26(4)12-13-27(5)18(23(17)26)14-19(31)24-28(27,6)11-9-20-25(2,3)21(32)15-22(33)29(20,24)7/h17-24,31-33H,8-15H2,1-7H3/t17-,18+,19+,20-,21-,22+,23+,24-,26+,27+,28+,29+/m0/s1. The first-order valence-electron chi connectivity index (χ1n) is 13.7. The minimum absolute atomic E-state index is 0.00770. The van der Waals surface area contributed by atoms with Gasteiger partial charge in [-0.1, -0.05) is 41.5 Å². The van der Waals surface area contributed by atoms with Gasteiger partial charge < -0.3 is 15.3 Å². The Bertz CT molecular complexity index is 837. The van der Waals surface area contributed by atoms with E-state index >= 15 is 0 Å². The first kappa shape index (κ1) is 24.3. The van der Waals surface area contributed by atoms with Crippen LogP contribution < -0.4 is 0 Å². The molecule has 0 aromatic rings. The molecule has 188 valence electrons. The van der Waals surface area contributed by atoms with Crippen molar-refractivity contribution < 1.29 is 20.1 Å². The van der Waals surface area contributed by atoms with Gasteiger partial charge in [-0.25, -0.2) is 0 Å². The Hall–Kier alpha value is -0.450. The molecule has 33 heavy (non-hydrogen) atoms. The van der Waals surface area contributed by atoms with Crippen LogP contribution in [0, 0.1) is 56.7 Å². The molecule has 0 aliphatic heterocycles.